The molecule has 0 radical (unpaired) electrons. The Bertz CT molecular complexity index is 2220. The van der Waals surface area contributed by atoms with Crippen LogP contribution in [0, 0.1) is 0 Å². The fourth-order valence-corrected chi connectivity index (χ4v) is 11.5. The summed E-state index contributed by atoms with van der Waals surface area (Å²) in [6.07, 6.45) is 2.23. The Morgan fingerprint density at radius 3 is 1.29 bits per heavy atom. The van der Waals surface area contributed by atoms with Crippen LogP contribution in [0.3, 0.4) is 0 Å². The molecule has 0 N–H and O–H groups in total. The van der Waals surface area contributed by atoms with E-state index in [1.807, 2.05) is 0 Å². The third-order valence-electron chi connectivity index (χ3n) is 13.3. The van der Waals surface area contributed by atoms with Crippen molar-refractivity contribution in [3.8, 4) is 23.0 Å². The number of para-hydroxylation sites is 2. The van der Waals surface area contributed by atoms with Gasteiger partial charge in [0.2, 0.25) is 0 Å². The van der Waals surface area contributed by atoms with E-state index in [4.69, 9.17) is 9.47 Å². The second kappa shape index (κ2) is 9.51. The van der Waals surface area contributed by atoms with E-state index < -0.39 is 0 Å². The van der Waals surface area contributed by atoms with E-state index in [9.17, 15) is 0 Å². The van der Waals surface area contributed by atoms with Crippen LogP contribution in [0.4, 0.5) is 17.1 Å². The Morgan fingerprint density at radius 1 is 0.471 bits per heavy atom. The molecule has 5 aliphatic rings. The van der Waals surface area contributed by atoms with Gasteiger partial charge in [0.25, 0.3) is 6.71 Å². The highest BCUT2D eigenvalue weighted by molar-refractivity contribution is 6.98. The molecule has 3 nitrogen and oxygen atoms in total. The van der Waals surface area contributed by atoms with Gasteiger partial charge in [0, 0.05) is 23.0 Å². The first-order chi connectivity index (χ1) is 24.0. The molecule has 5 aromatic rings. The number of hydrogen-bond acceptors (Lipinski definition) is 3. The number of nitrogens with zero attached hydrogens (tertiary/aromatic N) is 1. The van der Waals surface area contributed by atoms with Crippen LogP contribution < -0.4 is 30.8 Å². The van der Waals surface area contributed by atoms with E-state index in [2.05, 4.69) is 159 Å². The lowest BCUT2D eigenvalue weighted by molar-refractivity contribution is 0.402. The molecule has 0 saturated heterocycles. The summed E-state index contributed by atoms with van der Waals surface area (Å²) in [7, 11) is 0. The van der Waals surface area contributed by atoms with Crippen molar-refractivity contribution in [3.05, 3.63) is 118 Å². The van der Waals surface area contributed by atoms with E-state index in [1.165, 1.54) is 55.7 Å². The maximum Gasteiger partial charge on any atom is 0.260 e. The summed E-state index contributed by atoms with van der Waals surface area (Å²) < 4.78 is 14.3. The Balaban J connectivity index is 1.24. The van der Waals surface area contributed by atoms with E-state index in [0.717, 1.165) is 47.0 Å². The summed E-state index contributed by atoms with van der Waals surface area (Å²) in [6.45, 7) is 23.9. The molecule has 0 spiro atoms. The van der Waals surface area contributed by atoms with Crippen LogP contribution >= 0.6 is 0 Å². The lowest BCUT2D eigenvalue weighted by atomic mass is 9.34. The summed E-state index contributed by atoms with van der Waals surface area (Å²) in [5.41, 5.74) is 15.6. The van der Waals surface area contributed by atoms with Crippen LogP contribution in [0.15, 0.2) is 84.9 Å². The fourth-order valence-electron chi connectivity index (χ4n) is 11.5. The minimum Gasteiger partial charge on any atom is -0.458 e. The van der Waals surface area contributed by atoms with Crippen LogP contribution in [0.1, 0.15) is 115 Å². The summed E-state index contributed by atoms with van der Waals surface area (Å²) in [5.74, 6) is 3.74. The summed E-state index contributed by atoms with van der Waals surface area (Å²) in [5, 5.41) is 0. The van der Waals surface area contributed by atoms with Crippen LogP contribution in [-0.4, -0.2) is 6.71 Å². The van der Waals surface area contributed by atoms with E-state index in [0.29, 0.717) is 0 Å². The van der Waals surface area contributed by atoms with Crippen molar-refractivity contribution in [3.63, 3.8) is 0 Å². The lowest BCUT2D eigenvalue weighted by Gasteiger charge is -2.42. The minimum atomic E-state index is -0.135. The van der Waals surface area contributed by atoms with Gasteiger partial charge in [-0.05, 0) is 103 Å². The molecular weight excluding hydrogens is 621 g/mol. The maximum atomic E-state index is 7.13. The van der Waals surface area contributed by atoms with Crippen LogP contribution in [0.2, 0.25) is 0 Å². The van der Waals surface area contributed by atoms with Crippen LogP contribution in [0.25, 0.3) is 0 Å². The standard InChI is InChI=1S/C47H48BNO2/c1-43(2)25-45(5,6)32-23-38-34(21-30(32)43)48-35-22-31-33(46(7,8)26-44(31,3)4)24-39(35)51-41-20-27(19-40(50-38)42(41)48)49-36-17-13-11-15-28(36)47(9,10)29-16-12-14-18-37(29)49/h11-24H,25-26H2,1-10H3. The van der Waals surface area contributed by atoms with Gasteiger partial charge in [-0.2, -0.15) is 0 Å². The molecule has 3 aliphatic heterocycles. The summed E-state index contributed by atoms with van der Waals surface area (Å²) >= 11 is 0. The van der Waals surface area contributed by atoms with Crippen molar-refractivity contribution >= 4 is 40.2 Å². The summed E-state index contributed by atoms with van der Waals surface area (Å²) in [4.78, 5) is 2.42. The lowest BCUT2D eigenvalue weighted by Crippen LogP contribution is -2.58. The van der Waals surface area contributed by atoms with Crippen molar-refractivity contribution in [1.29, 1.82) is 0 Å². The molecule has 0 saturated carbocycles. The molecule has 0 bridgehead atoms. The number of ether oxygens (including phenoxy) is 2. The molecular formula is C47H48BNO2. The molecule has 256 valence electrons. The third kappa shape index (κ3) is 4.08. The quantitative estimate of drug-likeness (QED) is 0.162. The molecule has 4 heteroatoms. The first-order valence-electron chi connectivity index (χ1n) is 18.9. The average Bonchev–Trinajstić information content (AvgIpc) is 3.36. The first-order valence-corrected chi connectivity index (χ1v) is 18.9. The summed E-state index contributed by atoms with van der Waals surface area (Å²) in [6, 6.07) is 32.0. The number of fused-ring (bicyclic) bond motifs is 8. The topological polar surface area (TPSA) is 21.7 Å². The van der Waals surface area contributed by atoms with Crippen molar-refractivity contribution in [2.45, 2.75) is 109 Å². The van der Waals surface area contributed by atoms with Gasteiger partial charge >= 0.3 is 0 Å². The van der Waals surface area contributed by atoms with E-state index in [-0.39, 0.29) is 33.8 Å². The van der Waals surface area contributed by atoms with Crippen molar-refractivity contribution in [2.24, 2.45) is 0 Å². The minimum absolute atomic E-state index is 0.0195. The first kappa shape index (κ1) is 31.3. The van der Waals surface area contributed by atoms with Crippen molar-refractivity contribution < 1.29 is 9.47 Å². The molecule has 0 unspecified atom stereocenters. The highest BCUT2D eigenvalue weighted by Crippen LogP contribution is 2.55. The van der Waals surface area contributed by atoms with Crippen molar-refractivity contribution in [1.82, 2.24) is 0 Å². The van der Waals surface area contributed by atoms with Crippen molar-refractivity contribution in [2.75, 3.05) is 4.90 Å². The maximum absolute atomic E-state index is 7.13. The number of rotatable bonds is 1. The predicted octanol–water partition coefficient (Wildman–Crippen LogP) is 10.4. The molecule has 0 aromatic heterocycles. The largest absolute Gasteiger partial charge is 0.458 e. The third-order valence-corrected chi connectivity index (χ3v) is 13.3. The molecule has 3 heterocycles. The van der Waals surface area contributed by atoms with Crippen LogP contribution in [-0.2, 0) is 27.1 Å². The predicted molar refractivity (Wildman–Crippen MR) is 212 cm³/mol. The number of hydrogen-bond donors (Lipinski definition) is 0. The van der Waals surface area contributed by atoms with E-state index >= 15 is 0 Å². The number of benzene rings is 5. The van der Waals surface area contributed by atoms with Gasteiger partial charge in [0.1, 0.15) is 23.0 Å². The molecule has 0 amide bonds. The molecule has 51 heavy (non-hydrogen) atoms. The normalized spacial score (nSPS) is 20.8. The highest BCUT2D eigenvalue weighted by atomic mass is 16.5. The van der Waals surface area contributed by atoms with Gasteiger partial charge in [-0.1, -0.05) is 118 Å². The van der Waals surface area contributed by atoms with Crippen LogP contribution in [0.5, 0.6) is 23.0 Å². The average molecular weight is 670 g/mol. The Morgan fingerprint density at radius 2 is 0.863 bits per heavy atom. The molecule has 0 fully saturated rings. The molecule has 0 atom stereocenters. The SMILES string of the molecule is CC1(C)CC(C)(C)c2cc3c(cc21)Oc1cc(N2c4ccccc4C(C)(C)c4ccccc42)cc2c1B3c1cc3c(cc1O2)C(C)(C)CC3(C)C. The smallest absolute Gasteiger partial charge is 0.260 e. The fraction of sp³-hybridized carbons (Fsp3) is 0.362. The van der Waals surface area contributed by atoms with Gasteiger partial charge in [0.15, 0.2) is 0 Å². The highest BCUT2D eigenvalue weighted by Gasteiger charge is 2.49. The second-order valence-electron chi connectivity index (χ2n) is 19.2. The Kier molecular flexibility index (Phi) is 5.84. The Hall–Kier alpha value is -4.44. The van der Waals surface area contributed by atoms with Gasteiger partial charge in [-0.25, -0.2) is 0 Å². The van der Waals surface area contributed by atoms with Gasteiger partial charge < -0.3 is 14.4 Å². The zero-order chi connectivity index (χ0) is 35.6. The molecule has 10 rings (SSSR count). The van der Waals surface area contributed by atoms with Gasteiger partial charge in [-0.3, -0.25) is 0 Å². The number of anilines is 3. The monoisotopic (exact) mass is 669 g/mol. The Labute approximate surface area is 304 Å². The van der Waals surface area contributed by atoms with Gasteiger partial charge in [0.05, 0.1) is 17.1 Å². The molecule has 5 aromatic carbocycles. The second-order valence-corrected chi connectivity index (χ2v) is 19.2. The zero-order valence-electron chi connectivity index (χ0n) is 31.8. The van der Waals surface area contributed by atoms with E-state index in [1.54, 1.807) is 0 Å². The molecule has 2 aliphatic carbocycles. The zero-order valence-corrected chi connectivity index (χ0v) is 31.8. The van der Waals surface area contributed by atoms with Gasteiger partial charge in [-0.15, -0.1) is 0 Å².